The van der Waals surface area contributed by atoms with E-state index in [1.54, 1.807) is 6.08 Å². The maximum atomic E-state index is 13.5. The highest BCUT2D eigenvalue weighted by molar-refractivity contribution is 5.76. The van der Waals surface area contributed by atoms with Gasteiger partial charge in [-0.3, -0.25) is 4.79 Å². The molecule has 0 aromatic heterocycles. The van der Waals surface area contributed by atoms with Crippen LogP contribution in [0.25, 0.3) is 0 Å². The van der Waals surface area contributed by atoms with Gasteiger partial charge in [0.15, 0.2) is 18.9 Å². The molecular weight excluding hydrogens is 1390 g/mol. The number of carbonyl (C=O) groups excluding carboxylic acids is 1. The normalized spacial score (nSPS) is 25.7. The van der Waals surface area contributed by atoms with Gasteiger partial charge in [-0.2, -0.15) is 0 Å². The van der Waals surface area contributed by atoms with Crippen molar-refractivity contribution in [1.29, 1.82) is 0 Å². The molecule has 17 atom stereocenters. The molecule has 0 aromatic carbocycles. The van der Waals surface area contributed by atoms with E-state index in [4.69, 9.17) is 28.4 Å². The Hall–Kier alpha value is -3.55. The second kappa shape index (κ2) is 69.7. The Bertz CT molecular complexity index is 2410. The average molecular weight is 1560 g/mol. The van der Waals surface area contributed by atoms with Gasteiger partial charge in [-0.15, -0.1) is 0 Å². The minimum Gasteiger partial charge on any atom is -0.394 e. The molecule has 0 radical (unpaired) electrons. The lowest BCUT2D eigenvalue weighted by Gasteiger charge is -2.48. The van der Waals surface area contributed by atoms with Crippen molar-refractivity contribution in [2.45, 2.75) is 433 Å². The van der Waals surface area contributed by atoms with Crippen LogP contribution in [-0.2, 0) is 33.2 Å². The summed E-state index contributed by atoms with van der Waals surface area (Å²) in [6.45, 7) is 1.65. The van der Waals surface area contributed by atoms with Crippen LogP contribution in [0.1, 0.15) is 328 Å². The molecular formula is C91H159NO18. The highest BCUT2D eigenvalue weighted by Gasteiger charge is 2.54. The number of carbonyl (C=O) groups is 1. The van der Waals surface area contributed by atoms with E-state index in [1.807, 2.05) is 6.08 Å². The van der Waals surface area contributed by atoms with Crippen LogP contribution in [0, 0.1) is 0 Å². The maximum absolute atomic E-state index is 13.5. The molecule has 3 aliphatic rings. The molecule has 0 spiro atoms. The Labute approximate surface area is 665 Å². The summed E-state index contributed by atoms with van der Waals surface area (Å²) >= 11 is 0. The Morgan fingerprint density at radius 3 is 0.982 bits per heavy atom. The van der Waals surface area contributed by atoms with Crippen molar-refractivity contribution in [3.63, 3.8) is 0 Å². The minimum atomic E-state index is -1.98. The standard InChI is InChI=1S/C91H159NO18/c1-3-5-7-9-11-13-15-17-19-21-23-25-27-29-31-33-35-36-37-38-39-41-43-45-47-49-51-53-55-57-59-61-63-65-67-69-79(97)92-74(75(96)68-66-64-62-60-58-56-54-52-50-48-46-44-42-40-34-32-30-28-26-24-22-20-18-16-14-12-10-8-6-4-2)73-105-89-85(103)82(100)87(77(71-94)107-89)110-91-86(104)83(101)88(78(72-95)108-91)109-90-84(102)81(99)80(98)76(70-93)106-90/h5,7,11,13,17,19,23,25,29,31,35-36,38-39,43,45,66,68,74-78,80-91,93-96,98-104H,3-4,6,8-10,12,14-16,18,20-22,24,26-28,30,32-34,37,40-42,44,46-65,67,69-73H2,1-2H3,(H,92,97)/b7-5-,13-11-,19-17-,25-23-,31-29-,36-35-,39-38-,45-43-,68-66+. The first-order valence-electron chi connectivity index (χ1n) is 44.1. The first kappa shape index (κ1) is 101. The van der Waals surface area contributed by atoms with Crippen molar-refractivity contribution in [3.8, 4) is 0 Å². The third kappa shape index (κ3) is 48.1. The highest BCUT2D eigenvalue weighted by Crippen LogP contribution is 2.33. The zero-order valence-electron chi connectivity index (χ0n) is 68.5. The number of aliphatic hydroxyl groups excluding tert-OH is 11. The fraction of sp³-hybridized carbons (Fsp3) is 0.791. The van der Waals surface area contributed by atoms with Crippen molar-refractivity contribution < 1.29 is 89.4 Å². The molecule has 636 valence electrons. The number of unbranched alkanes of at least 4 members (excludes halogenated alkanes) is 38. The van der Waals surface area contributed by atoms with Gasteiger partial charge in [-0.1, -0.05) is 348 Å². The maximum Gasteiger partial charge on any atom is 0.220 e. The Balaban J connectivity index is 1.35. The first-order valence-corrected chi connectivity index (χ1v) is 44.1. The van der Waals surface area contributed by atoms with Crippen LogP contribution in [0.4, 0.5) is 0 Å². The molecule has 19 nitrogen and oxygen atoms in total. The van der Waals surface area contributed by atoms with Crippen molar-refractivity contribution >= 4 is 5.91 Å². The molecule has 3 fully saturated rings. The van der Waals surface area contributed by atoms with Crippen molar-refractivity contribution in [3.05, 3.63) is 109 Å². The van der Waals surface area contributed by atoms with Gasteiger partial charge in [0.05, 0.1) is 38.6 Å². The Kier molecular flexibility index (Phi) is 63.8. The molecule has 17 unspecified atom stereocenters. The molecule has 110 heavy (non-hydrogen) atoms. The van der Waals surface area contributed by atoms with Crippen LogP contribution in [0.2, 0.25) is 0 Å². The zero-order chi connectivity index (χ0) is 79.5. The summed E-state index contributed by atoms with van der Waals surface area (Å²) in [4.78, 5) is 13.5. The average Bonchev–Trinajstić information content (AvgIpc) is 0.795. The van der Waals surface area contributed by atoms with Gasteiger partial charge in [0.1, 0.15) is 73.2 Å². The quantitative estimate of drug-likeness (QED) is 0.0199. The molecule has 3 aliphatic heterocycles. The van der Waals surface area contributed by atoms with Gasteiger partial charge >= 0.3 is 0 Å². The van der Waals surface area contributed by atoms with Gasteiger partial charge in [-0.05, 0) is 83.5 Å². The highest BCUT2D eigenvalue weighted by atomic mass is 16.8. The molecule has 0 aliphatic carbocycles. The van der Waals surface area contributed by atoms with Crippen LogP contribution in [0.3, 0.4) is 0 Å². The van der Waals surface area contributed by atoms with E-state index in [0.717, 1.165) is 109 Å². The summed E-state index contributed by atoms with van der Waals surface area (Å²) in [6, 6.07) is -0.985. The number of hydrogen-bond donors (Lipinski definition) is 12. The van der Waals surface area contributed by atoms with Crippen molar-refractivity contribution in [2.75, 3.05) is 26.4 Å². The van der Waals surface area contributed by atoms with Crippen molar-refractivity contribution in [1.82, 2.24) is 5.32 Å². The number of hydrogen-bond acceptors (Lipinski definition) is 18. The predicted octanol–water partition coefficient (Wildman–Crippen LogP) is 16.5. The number of aliphatic hydroxyl groups is 11. The lowest BCUT2D eigenvalue weighted by Crippen LogP contribution is -2.66. The fourth-order valence-corrected chi connectivity index (χ4v) is 14.3. The third-order valence-corrected chi connectivity index (χ3v) is 21.3. The number of nitrogens with one attached hydrogen (secondary N) is 1. The predicted molar refractivity (Wildman–Crippen MR) is 443 cm³/mol. The molecule has 0 aromatic rings. The van der Waals surface area contributed by atoms with Crippen LogP contribution in [-0.4, -0.2) is 193 Å². The van der Waals surface area contributed by atoms with Crippen LogP contribution < -0.4 is 5.32 Å². The summed E-state index contributed by atoms with van der Waals surface area (Å²) in [5.74, 6) is -0.281. The largest absolute Gasteiger partial charge is 0.394 e. The second-order valence-electron chi connectivity index (χ2n) is 31.0. The number of amides is 1. The fourth-order valence-electron chi connectivity index (χ4n) is 14.3. The topological polar surface area (TPSA) is 307 Å². The molecule has 1 amide bonds. The Morgan fingerprint density at radius 1 is 0.336 bits per heavy atom. The second-order valence-corrected chi connectivity index (χ2v) is 31.0. The third-order valence-electron chi connectivity index (χ3n) is 21.3. The van der Waals surface area contributed by atoms with E-state index in [-0.39, 0.29) is 18.9 Å². The van der Waals surface area contributed by atoms with E-state index in [0.29, 0.717) is 6.42 Å². The Morgan fingerprint density at radius 2 is 0.627 bits per heavy atom. The van der Waals surface area contributed by atoms with Gasteiger partial charge < -0.3 is 89.9 Å². The van der Waals surface area contributed by atoms with Gasteiger partial charge in [-0.25, -0.2) is 0 Å². The summed E-state index contributed by atoms with van der Waals surface area (Å²) in [6.07, 6.45) is 70.8. The molecule has 3 saturated heterocycles. The minimum absolute atomic E-state index is 0.232. The first-order chi connectivity index (χ1) is 53.8. The number of ether oxygens (including phenoxy) is 6. The summed E-state index contributed by atoms with van der Waals surface area (Å²) in [5.41, 5.74) is 0. The van der Waals surface area contributed by atoms with E-state index >= 15 is 0 Å². The van der Waals surface area contributed by atoms with Crippen LogP contribution in [0.5, 0.6) is 0 Å². The summed E-state index contributed by atoms with van der Waals surface area (Å²) in [5, 5.41) is 121. The van der Waals surface area contributed by atoms with Gasteiger partial charge in [0, 0.05) is 6.42 Å². The number of allylic oxidation sites excluding steroid dienone is 17. The van der Waals surface area contributed by atoms with E-state index in [2.05, 4.69) is 116 Å². The lowest BCUT2D eigenvalue weighted by atomic mass is 9.96. The molecule has 0 bridgehead atoms. The van der Waals surface area contributed by atoms with Crippen LogP contribution >= 0.6 is 0 Å². The van der Waals surface area contributed by atoms with Crippen molar-refractivity contribution in [2.24, 2.45) is 0 Å². The SMILES string of the molecule is CC/C=C\C/C=C\C/C=C\C/C=C\C/C=C\C/C=C\C/C=C\C/C=C\CCCCCCCCCCCCC(=O)NC(COC1OC(CO)C(OC2OC(CO)C(OC3OC(CO)C(O)C(O)C3O)C(O)C2O)C(O)C1O)C(O)/C=C/CCCCCCCCCCCCCCCCCCCCCCCCCCCCCC. The van der Waals surface area contributed by atoms with Crippen LogP contribution in [0.15, 0.2) is 109 Å². The summed E-state index contributed by atoms with van der Waals surface area (Å²) in [7, 11) is 0. The van der Waals surface area contributed by atoms with E-state index in [9.17, 15) is 61.0 Å². The number of rotatable bonds is 70. The molecule has 3 heterocycles. The molecule has 19 heteroatoms. The summed E-state index contributed by atoms with van der Waals surface area (Å²) < 4.78 is 34.5. The zero-order valence-corrected chi connectivity index (χ0v) is 68.5. The smallest absolute Gasteiger partial charge is 0.220 e. The lowest BCUT2D eigenvalue weighted by molar-refractivity contribution is -0.379. The monoisotopic (exact) mass is 1550 g/mol. The molecule has 0 saturated carbocycles. The van der Waals surface area contributed by atoms with Gasteiger partial charge in [0.25, 0.3) is 0 Å². The van der Waals surface area contributed by atoms with E-state index < -0.39 is 124 Å². The van der Waals surface area contributed by atoms with E-state index in [1.165, 1.54) is 193 Å². The molecule has 3 rings (SSSR count). The molecule has 12 N–H and O–H groups in total. The van der Waals surface area contributed by atoms with Gasteiger partial charge in [0.2, 0.25) is 5.91 Å².